The summed E-state index contributed by atoms with van der Waals surface area (Å²) in [6.07, 6.45) is 0.602. The number of hydrogen-bond acceptors (Lipinski definition) is 15. The normalized spacial score (nSPS) is 12.3. The van der Waals surface area contributed by atoms with E-state index < -0.39 is 42.8 Å². The number of para-hydroxylation sites is 2. The molecular weight excluding hydrogens is 1100 g/mol. The number of ether oxygens (including phenoxy) is 1. The summed E-state index contributed by atoms with van der Waals surface area (Å²) in [6, 6.07) is 62.5. The zero-order valence-electron chi connectivity index (χ0n) is 47.0. The molecule has 0 fully saturated rings. The van der Waals surface area contributed by atoms with Gasteiger partial charge in [0.2, 0.25) is 11.9 Å². The number of nitrogens with zero attached hydrogens (tertiary/aromatic N) is 8. The van der Waals surface area contributed by atoms with Crippen LogP contribution in [0.15, 0.2) is 207 Å². The van der Waals surface area contributed by atoms with Crippen molar-refractivity contribution in [1.82, 2.24) is 39.5 Å². The molecule has 4 aromatic heterocycles. The Morgan fingerprint density at radius 2 is 0.835 bits per heavy atom. The summed E-state index contributed by atoms with van der Waals surface area (Å²) < 4.78 is 8.56. The van der Waals surface area contributed by atoms with E-state index >= 15 is 0 Å². The van der Waals surface area contributed by atoms with Gasteiger partial charge < -0.3 is 40.9 Å². The van der Waals surface area contributed by atoms with E-state index in [1.54, 1.807) is 30.1 Å². The number of hydrogen-bond donors (Lipinski definition) is 7. The summed E-state index contributed by atoms with van der Waals surface area (Å²) >= 11 is 0. The van der Waals surface area contributed by atoms with Gasteiger partial charge in [0.25, 0.3) is 0 Å². The minimum atomic E-state index is -1.12. The second kappa shape index (κ2) is 31.4. The van der Waals surface area contributed by atoms with Crippen molar-refractivity contribution in [2.75, 3.05) is 17.2 Å². The molecule has 85 heavy (non-hydrogen) atoms. The van der Waals surface area contributed by atoms with Crippen molar-refractivity contribution < 1.29 is 39.9 Å². The Morgan fingerprint density at radius 3 is 1.20 bits per heavy atom. The number of benzene rings is 6. The largest absolute Gasteiger partial charge is 2.00 e. The SMILES string of the molecule is CCOC(=O)C[C@H](O)C[C@H](O)CCc1c(-c2ccccc2)nn(-c2ccnc(Nc3ccccc3)n2)c1-c1ccccc1.O=C(O)C[C@H](O)C[C@H](O)CCc1c(-c2ccccc2)nn(-c2ccnc(Nc3ccccc3)n2)c1-c1ccccc1.[Ca+2]. The first-order valence-electron chi connectivity index (χ1n) is 27.9. The Balaban J connectivity index is 0.000000219. The molecule has 6 aromatic carbocycles. The second-order valence-electron chi connectivity index (χ2n) is 19.9. The topological polar surface area (TPSA) is 256 Å². The summed E-state index contributed by atoms with van der Waals surface area (Å²) in [5.74, 6) is 0.432. The van der Waals surface area contributed by atoms with E-state index in [-0.39, 0.29) is 63.6 Å². The maximum Gasteiger partial charge on any atom is 2.00 e. The minimum Gasteiger partial charge on any atom is -0.481 e. The number of carbonyl (C=O) groups is 2. The van der Waals surface area contributed by atoms with Crippen molar-refractivity contribution in [3.05, 3.63) is 218 Å². The summed E-state index contributed by atoms with van der Waals surface area (Å²) in [6.45, 7) is 1.97. The van der Waals surface area contributed by atoms with E-state index in [0.29, 0.717) is 49.2 Å². The number of anilines is 4. The molecule has 0 radical (unpaired) electrons. The molecule has 18 nitrogen and oxygen atoms in total. The van der Waals surface area contributed by atoms with Crippen molar-refractivity contribution in [1.29, 1.82) is 0 Å². The smallest absolute Gasteiger partial charge is 0.481 e. The molecule has 0 aliphatic heterocycles. The van der Waals surface area contributed by atoms with Crippen LogP contribution < -0.4 is 10.6 Å². The Bertz CT molecular complexity index is 3680. The number of aliphatic carboxylic acids is 1. The fourth-order valence-electron chi connectivity index (χ4n) is 9.77. The predicted octanol–water partition coefficient (Wildman–Crippen LogP) is 10.6. The van der Waals surface area contributed by atoms with Crippen LogP contribution in [0.3, 0.4) is 0 Å². The number of carboxylic acid groups (broad SMARTS) is 1. The van der Waals surface area contributed by atoms with Crippen molar-refractivity contribution >= 4 is 72.9 Å². The van der Waals surface area contributed by atoms with Gasteiger partial charge in [-0.2, -0.15) is 20.2 Å². The number of aliphatic hydroxyl groups excluding tert-OH is 4. The Labute approximate surface area is 523 Å². The van der Waals surface area contributed by atoms with Crippen LogP contribution >= 0.6 is 0 Å². The van der Waals surface area contributed by atoms with Crippen LogP contribution in [0.5, 0.6) is 0 Å². The molecule has 4 atom stereocenters. The molecule has 4 heterocycles. The molecule has 10 aromatic rings. The molecule has 428 valence electrons. The van der Waals surface area contributed by atoms with Crippen LogP contribution in [0, 0.1) is 0 Å². The third-order valence-corrected chi connectivity index (χ3v) is 13.6. The Hall–Kier alpha value is -8.46. The standard InChI is InChI=1S/C34H35N5O4.C32H31N5O4.Ca/c1-2-43-31(42)23-28(41)22-27(40)18-19-29-32(24-12-6-3-7-13-24)38-39(33(29)25-14-8-4-9-15-25)30-20-21-35-34(37-30)36-26-16-10-5-11-17-26;38-25(20-26(39)21-29(40)41)16-17-27-30(22-10-4-1-5-11-22)36-37(31(27)23-12-6-2-7-13-23)28-18-19-33-32(35-28)34-24-14-8-3-9-15-24;/h3-17,20-21,27-28,40-41H,2,18-19,22-23H2,1H3,(H,35,36,37);1-15,18-19,25-26,38-39H,16-17,20-21H2,(H,40,41)(H,33,34,35);/q;;+2/t27-,28-;25-,26-;/m11./s1. The van der Waals surface area contributed by atoms with Gasteiger partial charge in [-0.15, -0.1) is 0 Å². The third kappa shape index (κ3) is 17.6. The molecule has 0 saturated heterocycles. The molecule has 0 saturated carbocycles. The molecule has 0 bridgehead atoms. The number of nitrogens with one attached hydrogen (secondary N) is 2. The van der Waals surface area contributed by atoms with Crippen LogP contribution in [-0.4, -0.2) is 146 Å². The van der Waals surface area contributed by atoms with E-state index in [1.165, 1.54) is 0 Å². The molecular formula is C66H66CaN10O8+2. The van der Waals surface area contributed by atoms with Crippen molar-refractivity contribution in [2.24, 2.45) is 0 Å². The summed E-state index contributed by atoms with van der Waals surface area (Å²) in [4.78, 5) is 41.1. The molecule has 0 spiro atoms. The number of aromatic nitrogens is 8. The van der Waals surface area contributed by atoms with Gasteiger partial charge in [0.15, 0.2) is 11.6 Å². The molecule has 0 unspecified atom stereocenters. The Morgan fingerprint density at radius 1 is 0.482 bits per heavy atom. The molecule has 7 N–H and O–H groups in total. The monoisotopic (exact) mass is 1170 g/mol. The van der Waals surface area contributed by atoms with Crippen molar-refractivity contribution in [3.8, 4) is 56.7 Å². The van der Waals surface area contributed by atoms with Crippen molar-refractivity contribution in [2.45, 2.75) is 82.7 Å². The van der Waals surface area contributed by atoms with Gasteiger partial charge in [-0.05, 0) is 69.7 Å². The second-order valence-corrected chi connectivity index (χ2v) is 19.9. The molecule has 19 heteroatoms. The fraction of sp³-hybridized carbons (Fsp3) is 0.212. The number of aliphatic hydroxyl groups is 4. The predicted molar refractivity (Wildman–Crippen MR) is 329 cm³/mol. The van der Waals surface area contributed by atoms with Crippen LogP contribution in [-0.2, 0) is 27.2 Å². The van der Waals surface area contributed by atoms with Gasteiger partial charge in [-0.1, -0.05) is 158 Å². The average Bonchev–Trinajstić information content (AvgIpc) is 2.51. The number of rotatable bonds is 25. The van der Waals surface area contributed by atoms with Gasteiger partial charge >= 0.3 is 49.7 Å². The van der Waals surface area contributed by atoms with Gasteiger partial charge in [0.05, 0.1) is 66.6 Å². The molecule has 10 rings (SSSR count). The van der Waals surface area contributed by atoms with E-state index in [0.717, 1.165) is 67.5 Å². The van der Waals surface area contributed by atoms with Crippen LogP contribution in [0.25, 0.3) is 56.7 Å². The molecule has 0 aliphatic carbocycles. The first-order chi connectivity index (χ1) is 41.0. The van der Waals surface area contributed by atoms with E-state index in [1.807, 2.05) is 193 Å². The van der Waals surface area contributed by atoms with E-state index in [2.05, 4.69) is 20.6 Å². The van der Waals surface area contributed by atoms with Crippen LogP contribution in [0.2, 0.25) is 0 Å². The van der Waals surface area contributed by atoms with Crippen LogP contribution in [0.4, 0.5) is 23.3 Å². The van der Waals surface area contributed by atoms with Crippen molar-refractivity contribution in [3.63, 3.8) is 0 Å². The van der Waals surface area contributed by atoms with E-state index in [4.69, 9.17) is 30.0 Å². The molecule has 0 amide bonds. The maximum atomic E-state index is 11.8. The Kier molecular flexibility index (Phi) is 23.1. The first kappa shape index (κ1) is 62.6. The summed E-state index contributed by atoms with van der Waals surface area (Å²) in [5, 5.41) is 67.6. The first-order valence-corrected chi connectivity index (χ1v) is 27.9. The number of esters is 1. The number of carbonyl (C=O) groups excluding carboxylic acids is 1. The van der Waals surface area contributed by atoms with Crippen LogP contribution in [0.1, 0.15) is 56.6 Å². The third-order valence-electron chi connectivity index (χ3n) is 13.6. The minimum absolute atomic E-state index is 0. The molecule has 0 aliphatic rings. The quantitative estimate of drug-likeness (QED) is 0.0207. The van der Waals surface area contributed by atoms with Gasteiger partial charge in [0.1, 0.15) is 0 Å². The van der Waals surface area contributed by atoms with Gasteiger partial charge in [-0.3, -0.25) is 9.59 Å². The summed E-state index contributed by atoms with van der Waals surface area (Å²) in [5.41, 5.74) is 10.5. The summed E-state index contributed by atoms with van der Waals surface area (Å²) in [7, 11) is 0. The average molecular weight is 1170 g/mol. The zero-order valence-corrected chi connectivity index (χ0v) is 49.3. The van der Waals surface area contributed by atoms with Gasteiger partial charge in [-0.25, -0.2) is 19.3 Å². The van der Waals surface area contributed by atoms with E-state index in [9.17, 15) is 30.0 Å². The van der Waals surface area contributed by atoms with Gasteiger partial charge in [0, 0.05) is 69.3 Å². The maximum absolute atomic E-state index is 11.8. The fourth-order valence-corrected chi connectivity index (χ4v) is 9.77. The number of carboxylic acids is 1. The zero-order chi connectivity index (χ0) is 58.6.